The number of benzene rings is 3. The number of alkyl halides is 6. The van der Waals surface area contributed by atoms with Crippen molar-refractivity contribution in [3.05, 3.63) is 90.9 Å². The first kappa shape index (κ1) is 32.2. The quantitative estimate of drug-likeness (QED) is 0.189. The number of nitriles is 2. The van der Waals surface area contributed by atoms with E-state index in [0.29, 0.717) is 22.8 Å². The van der Waals surface area contributed by atoms with E-state index in [1.54, 1.807) is 32.1 Å². The molecule has 0 N–H and O–H groups in total. The molecule has 232 valence electrons. The largest absolute Gasteiger partial charge is 0.501 e. The lowest BCUT2D eigenvalue weighted by Crippen LogP contribution is -2.27. The Kier molecular flexibility index (Phi) is 7.13. The summed E-state index contributed by atoms with van der Waals surface area (Å²) in [7, 11) is -13.0. The molecule has 2 aliphatic carbocycles. The first-order valence-corrected chi connectivity index (χ1v) is 15.6. The number of hydrogen-bond acceptors (Lipinski definition) is 6. The summed E-state index contributed by atoms with van der Waals surface area (Å²) in [4.78, 5) is 2.86. The zero-order chi connectivity index (χ0) is 34.3. The lowest BCUT2D eigenvalue weighted by Gasteiger charge is -2.16. The van der Waals surface area contributed by atoms with E-state index in [1.807, 2.05) is 6.07 Å². The molecule has 0 heterocycles. The van der Waals surface area contributed by atoms with E-state index in [1.165, 1.54) is 0 Å². The zero-order valence-corrected chi connectivity index (χ0v) is 24.9. The highest BCUT2D eigenvalue weighted by Gasteiger charge is 2.52. The first-order valence-electron chi connectivity index (χ1n) is 12.7. The maximum absolute atomic E-state index is 13.9. The number of sulfone groups is 2. The fourth-order valence-corrected chi connectivity index (χ4v) is 8.02. The van der Waals surface area contributed by atoms with Gasteiger partial charge in [-0.15, -0.1) is 0 Å². The molecule has 0 aliphatic heterocycles. The summed E-state index contributed by atoms with van der Waals surface area (Å²) >= 11 is 0. The molecule has 3 aromatic carbocycles. The van der Waals surface area contributed by atoms with Crippen LogP contribution in [0.3, 0.4) is 0 Å². The highest BCUT2D eigenvalue weighted by atomic mass is 32.2. The molecule has 0 atom stereocenters. The van der Waals surface area contributed by atoms with Crippen LogP contribution in [0, 0.1) is 49.7 Å². The second kappa shape index (κ2) is 10.2. The number of halogens is 6. The third-order valence-corrected chi connectivity index (χ3v) is 10.9. The summed E-state index contributed by atoms with van der Waals surface area (Å²) < 4.78 is 133. The van der Waals surface area contributed by atoms with E-state index in [4.69, 9.17) is 13.1 Å². The molecule has 0 fully saturated rings. The average Bonchev–Trinajstić information content (AvgIpc) is 3.52. The maximum atomic E-state index is 13.9. The third-order valence-electron chi connectivity index (χ3n) is 7.87. The van der Waals surface area contributed by atoms with Crippen molar-refractivity contribution in [2.45, 2.75) is 47.5 Å². The standard InChI is InChI=1S/C30H14F6N4O4S2/c1-13-5-14(2)16-9-20-25(22(11-37)39-3)21-10-17-19(27(21)28(23(12-38)40-4)26(20)18(16)6-13)7-15(45(41,42)29(31,32)33)8-24(17)46(43,44)30(34,35)36/h5-8H,9-10H2,1-2H3/b25-22+,28-23+. The fourth-order valence-electron chi connectivity index (χ4n) is 6.09. The molecule has 8 nitrogen and oxygen atoms in total. The van der Waals surface area contributed by atoms with Gasteiger partial charge in [-0.05, 0) is 94.1 Å². The van der Waals surface area contributed by atoms with Crippen molar-refractivity contribution in [3.8, 4) is 34.4 Å². The Labute approximate surface area is 257 Å². The Morgan fingerprint density at radius 1 is 0.717 bits per heavy atom. The van der Waals surface area contributed by atoms with Gasteiger partial charge in [0.2, 0.25) is 0 Å². The highest BCUT2D eigenvalue weighted by molar-refractivity contribution is 7.93. The normalized spacial score (nSPS) is 14.9. The second-order valence-corrected chi connectivity index (χ2v) is 14.3. The molecule has 0 unspecified atom stereocenters. The summed E-state index contributed by atoms with van der Waals surface area (Å²) in [6.45, 7) is 18.8. The van der Waals surface area contributed by atoms with Gasteiger partial charge >= 0.3 is 11.0 Å². The zero-order valence-electron chi connectivity index (χ0n) is 23.2. The van der Waals surface area contributed by atoms with Crippen molar-refractivity contribution in [2.75, 3.05) is 0 Å². The molecule has 0 saturated carbocycles. The van der Waals surface area contributed by atoms with Crippen molar-refractivity contribution in [1.82, 2.24) is 0 Å². The Morgan fingerprint density at radius 2 is 1.20 bits per heavy atom. The third kappa shape index (κ3) is 4.37. The SMILES string of the molecule is [C-]#[N+]/C(C#N)=c1\c2c(/c(=C(/C#N)[N+]#[C-])c3c1Cc1c-3cc(S(=O)(=O)C(F)(F)F)cc1S(=O)(=O)C(F)(F)F)-c1cc(C)cc(C)c1C2. The maximum Gasteiger partial charge on any atom is 0.501 e. The number of fused-ring (bicyclic) bond motifs is 6. The molecular formula is C30H14F6N4O4S2. The smallest absolute Gasteiger partial charge is 0.226 e. The molecule has 3 aromatic rings. The minimum Gasteiger partial charge on any atom is -0.226 e. The number of rotatable bonds is 2. The lowest BCUT2D eigenvalue weighted by atomic mass is 9.90. The van der Waals surface area contributed by atoms with Crippen LogP contribution in [0.5, 0.6) is 0 Å². The van der Waals surface area contributed by atoms with Gasteiger partial charge < -0.3 is 0 Å². The minimum atomic E-state index is -6.50. The summed E-state index contributed by atoms with van der Waals surface area (Å²) in [6.07, 6.45) is -0.801. The number of hydrogen-bond donors (Lipinski definition) is 0. The van der Waals surface area contributed by atoms with Crippen LogP contribution in [-0.2, 0) is 32.5 Å². The van der Waals surface area contributed by atoms with Crippen molar-refractivity contribution in [2.24, 2.45) is 0 Å². The van der Waals surface area contributed by atoms with Crippen molar-refractivity contribution >= 4 is 31.1 Å². The van der Waals surface area contributed by atoms with Gasteiger partial charge in [0.05, 0.1) is 35.1 Å². The van der Waals surface area contributed by atoms with E-state index in [9.17, 15) is 53.7 Å². The predicted octanol–water partition coefficient (Wildman–Crippen LogP) is 5.13. The molecule has 46 heavy (non-hydrogen) atoms. The van der Waals surface area contributed by atoms with Gasteiger partial charge in [-0.1, -0.05) is 17.7 Å². The molecule has 2 aliphatic rings. The molecule has 0 aromatic heterocycles. The van der Waals surface area contributed by atoms with Crippen LogP contribution < -0.4 is 10.4 Å². The van der Waals surface area contributed by atoms with Crippen LogP contribution in [0.15, 0.2) is 34.1 Å². The van der Waals surface area contributed by atoms with Gasteiger partial charge in [0, 0.05) is 5.22 Å². The van der Waals surface area contributed by atoms with Crippen molar-refractivity contribution in [1.29, 1.82) is 10.5 Å². The van der Waals surface area contributed by atoms with Crippen LogP contribution >= 0.6 is 0 Å². The molecule has 0 amide bonds. The van der Waals surface area contributed by atoms with E-state index >= 15 is 0 Å². The van der Waals surface area contributed by atoms with Crippen LogP contribution in [0.4, 0.5) is 26.3 Å². The highest BCUT2D eigenvalue weighted by Crippen LogP contribution is 2.47. The second-order valence-electron chi connectivity index (χ2n) is 10.4. The minimum absolute atomic E-state index is 0.0154. The van der Waals surface area contributed by atoms with Gasteiger partial charge in [-0.25, -0.2) is 37.0 Å². The average molecular weight is 673 g/mol. The van der Waals surface area contributed by atoms with Crippen LogP contribution in [0.25, 0.3) is 43.3 Å². The van der Waals surface area contributed by atoms with Crippen LogP contribution in [0.2, 0.25) is 0 Å². The molecule has 5 rings (SSSR count). The van der Waals surface area contributed by atoms with Gasteiger partial charge in [0.25, 0.3) is 31.1 Å². The van der Waals surface area contributed by atoms with Crippen LogP contribution in [-0.4, -0.2) is 27.9 Å². The summed E-state index contributed by atoms with van der Waals surface area (Å²) in [5, 5.41) is 19.5. The fraction of sp³-hybridized carbons (Fsp3) is 0.200. The number of aryl methyl sites for hydroxylation is 2. The summed E-state index contributed by atoms with van der Waals surface area (Å²) in [5.41, 5.74) is -12.8. The molecule has 0 spiro atoms. The van der Waals surface area contributed by atoms with Gasteiger partial charge in [0.1, 0.15) is 0 Å². The monoisotopic (exact) mass is 672 g/mol. The predicted molar refractivity (Wildman–Crippen MR) is 149 cm³/mol. The Morgan fingerprint density at radius 3 is 1.67 bits per heavy atom. The van der Waals surface area contributed by atoms with E-state index in [0.717, 1.165) is 5.56 Å². The molecule has 0 saturated heterocycles. The summed E-state index contributed by atoms with van der Waals surface area (Å²) in [6, 6.07) is 6.94. The van der Waals surface area contributed by atoms with Crippen LogP contribution in [0.1, 0.15) is 33.4 Å². The van der Waals surface area contributed by atoms with Crippen molar-refractivity contribution in [3.63, 3.8) is 0 Å². The number of nitrogens with zero attached hydrogens (tertiary/aromatic N) is 4. The Hall–Kier alpha value is -5.16. The molecule has 0 bridgehead atoms. The van der Waals surface area contributed by atoms with Crippen molar-refractivity contribution < 1.29 is 43.2 Å². The lowest BCUT2D eigenvalue weighted by molar-refractivity contribution is -0.0438. The van der Waals surface area contributed by atoms with Gasteiger partial charge in [-0.3, -0.25) is 0 Å². The Balaban J connectivity index is 2.18. The molecule has 16 heteroatoms. The van der Waals surface area contributed by atoms with E-state index in [2.05, 4.69) is 9.69 Å². The van der Waals surface area contributed by atoms with Gasteiger partial charge in [0.15, 0.2) is 0 Å². The molecular weight excluding hydrogens is 658 g/mol. The topological polar surface area (TPSA) is 125 Å². The van der Waals surface area contributed by atoms with E-state index in [-0.39, 0.29) is 39.6 Å². The molecule has 0 radical (unpaired) electrons. The Bertz CT molecular complexity index is 2460. The van der Waals surface area contributed by atoms with Gasteiger partial charge in [-0.2, -0.15) is 26.3 Å². The first-order chi connectivity index (χ1) is 21.3. The van der Waals surface area contributed by atoms with E-state index < -0.39 is 75.0 Å². The summed E-state index contributed by atoms with van der Waals surface area (Å²) in [5.74, 6) is 0.